The highest BCUT2D eigenvalue weighted by Crippen LogP contribution is 2.61. The maximum Gasteiger partial charge on any atom is 0.120 e. The number of aldehydes is 1. The van der Waals surface area contributed by atoms with Crippen molar-refractivity contribution in [1.82, 2.24) is 0 Å². The fraction of sp³-hybridized carbons (Fsp3) is 0.812. The average molecular weight is 234 g/mol. The van der Waals surface area contributed by atoms with Crippen LogP contribution in [0.25, 0.3) is 0 Å². The van der Waals surface area contributed by atoms with Crippen molar-refractivity contribution in [2.75, 3.05) is 0 Å². The Labute approximate surface area is 106 Å². The van der Waals surface area contributed by atoms with Gasteiger partial charge in [0.25, 0.3) is 0 Å². The zero-order valence-electron chi connectivity index (χ0n) is 11.6. The van der Waals surface area contributed by atoms with E-state index in [1.165, 1.54) is 31.3 Å². The van der Waals surface area contributed by atoms with Crippen LogP contribution in [0.2, 0.25) is 0 Å². The molecule has 0 aromatic rings. The van der Waals surface area contributed by atoms with Gasteiger partial charge in [0.05, 0.1) is 0 Å². The molecule has 0 aromatic heterocycles. The van der Waals surface area contributed by atoms with Gasteiger partial charge in [0.1, 0.15) is 6.29 Å². The number of carbonyl (C=O) groups excluding carboxylic acids is 1. The van der Waals surface area contributed by atoms with E-state index in [9.17, 15) is 4.79 Å². The highest BCUT2D eigenvalue weighted by molar-refractivity contribution is 5.51. The molecular formula is C16H26O. The van der Waals surface area contributed by atoms with Crippen LogP contribution >= 0.6 is 0 Å². The summed E-state index contributed by atoms with van der Waals surface area (Å²) in [6.45, 7) is 11.5. The Balaban J connectivity index is 2.34. The van der Waals surface area contributed by atoms with Crippen LogP contribution in [0.1, 0.15) is 59.3 Å². The lowest BCUT2D eigenvalue weighted by molar-refractivity contribution is -0.112. The number of rotatable bonds is 2. The van der Waals surface area contributed by atoms with Crippen molar-refractivity contribution in [1.29, 1.82) is 0 Å². The van der Waals surface area contributed by atoms with Gasteiger partial charge in [0.2, 0.25) is 0 Å². The molecule has 17 heavy (non-hydrogen) atoms. The lowest BCUT2D eigenvalue weighted by Gasteiger charge is -2.57. The molecule has 1 nitrogen and oxygen atoms in total. The van der Waals surface area contributed by atoms with Gasteiger partial charge in [0.15, 0.2) is 0 Å². The van der Waals surface area contributed by atoms with Gasteiger partial charge < -0.3 is 4.79 Å². The van der Waals surface area contributed by atoms with E-state index in [4.69, 9.17) is 0 Å². The highest BCUT2D eigenvalue weighted by Gasteiger charge is 2.52. The monoisotopic (exact) mass is 234 g/mol. The number of carbonyl (C=O) groups is 1. The van der Waals surface area contributed by atoms with E-state index < -0.39 is 0 Å². The van der Waals surface area contributed by atoms with E-state index in [0.29, 0.717) is 23.2 Å². The summed E-state index contributed by atoms with van der Waals surface area (Å²) in [6, 6.07) is 0. The van der Waals surface area contributed by atoms with E-state index in [-0.39, 0.29) is 0 Å². The third kappa shape index (κ3) is 1.98. The van der Waals surface area contributed by atoms with Crippen LogP contribution in [-0.4, -0.2) is 6.29 Å². The summed E-state index contributed by atoms with van der Waals surface area (Å²) in [5.41, 5.74) is 2.08. The fourth-order valence-electron chi connectivity index (χ4n) is 4.81. The summed E-state index contributed by atoms with van der Waals surface area (Å²) in [7, 11) is 0. The maximum absolute atomic E-state index is 11.0. The third-order valence-corrected chi connectivity index (χ3v) is 5.65. The number of hydrogen-bond acceptors (Lipinski definition) is 1. The maximum atomic E-state index is 11.0. The average Bonchev–Trinajstić information content (AvgIpc) is 2.22. The molecule has 0 aliphatic heterocycles. The molecule has 3 atom stereocenters. The minimum atomic E-state index is 0.317. The third-order valence-electron chi connectivity index (χ3n) is 5.65. The van der Waals surface area contributed by atoms with Crippen molar-refractivity contribution in [3.63, 3.8) is 0 Å². The molecule has 2 fully saturated rings. The number of allylic oxidation sites excluding steroid dienone is 1. The van der Waals surface area contributed by atoms with Crippen molar-refractivity contribution < 1.29 is 4.79 Å². The quantitative estimate of drug-likeness (QED) is 0.512. The van der Waals surface area contributed by atoms with E-state index in [2.05, 4.69) is 27.4 Å². The molecule has 0 unspecified atom stereocenters. The molecule has 1 heteroatoms. The standard InChI is InChI=1S/C16H26O/c1-12-6-7-14-15(2,3)9-5-10-16(14,4)13(12)8-11-17/h11,13-14H,1,5-10H2,2-4H3/t13-,14-,16+/m1/s1. The van der Waals surface area contributed by atoms with Gasteiger partial charge in [-0.1, -0.05) is 39.3 Å². The molecule has 0 heterocycles. The molecule has 2 aliphatic rings. The van der Waals surface area contributed by atoms with Crippen LogP contribution in [0.4, 0.5) is 0 Å². The van der Waals surface area contributed by atoms with Gasteiger partial charge in [-0.25, -0.2) is 0 Å². The van der Waals surface area contributed by atoms with Crippen molar-refractivity contribution in [3.8, 4) is 0 Å². The Bertz CT molecular complexity index is 328. The minimum Gasteiger partial charge on any atom is -0.303 e. The minimum absolute atomic E-state index is 0.317. The van der Waals surface area contributed by atoms with Gasteiger partial charge in [-0.05, 0) is 48.3 Å². The van der Waals surface area contributed by atoms with E-state index in [0.717, 1.165) is 18.6 Å². The normalized spacial score (nSPS) is 40.8. The highest BCUT2D eigenvalue weighted by atomic mass is 16.1. The second-order valence-corrected chi connectivity index (χ2v) is 7.05. The lowest BCUT2D eigenvalue weighted by Crippen LogP contribution is -2.49. The van der Waals surface area contributed by atoms with E-state index >= 15 is 0 Å². The van der Waals surface area contributed by atoms with Crippen LogP contribution in [0, 0.1) is 22.7 Å². The molecular weight excluding hydrogens is 208 g/mol. The van der Waals surface area contributed by atoms with Crippen molar-refractivity contribution in [2.45, 2.75) is 59.3 Å². The number of fused-ring (bicyclic) bond motifs is 1. The first-order valence-electron chi connectivity index (χ1n) is 7.03. The molecule has 96 valence electrons. The SMILES string of the molecule is C=C1CC[C@@H]2C(C)(C)CCC[C@@]2(C)[C@@H]1CC=O. The van der Waals surface area contributed by atoms with E-state index in [1.54, 1.807) is 0 Å². The first kappa shape index (κ1) is 12.9. The molecule has 0 N–H and O–H groups in total. The van der Waals surface area contributed by atoms with Crippen molar-refractivity contribution >= 4 is 6.29 Å². The molecule has 0 spiro atoms. The molecule has 0 radical (unpaired) electrons. The predicted molar refractivity (Wildman–Crippen MR) is 71.8 cm³/mol. The van der Waals surface area contributed by atoms with Crippen LogP contribution in [0.3, 0.4) is 0 Å². The summed E-state index contributed by atoms with van der Waals surface area (Å²) in [5, 5.41) is 0. The van der Waals surface area contributed by atoms with Gasteiger partial charge >= 0.3 is 0 Å². The van der Waals surface area contributed by atoms with Gasteiger partial charge in [-0.2, -0.15) is 0 Å². The Hall–Kier alpha value is -0.590. The molecule has 0 aromatic carbocycles. The fourth-order valence-corrected chi connectivity index (χ4v) is 4.81. The predicted octanol–water partition coefficient (Wildman–Crippen LogP) is 4.37. The molecule has 2 aliphatic carbocycles. The Kier molecular flexibility index (Phi) is 3.22. The second kappa shape index (κ2) is 4.26. The van der Waals surface area contributed by atoms with E-state index in [1.807, 2.05) is 0 Å². The zero-order chi connectivity index (χ0) is 12.7. The number of hydrogen-bond donors (Lipinski definition) is 0. The first-order valence-corrected chi connectivity index (χ1v) is 7.03. The second-order valence-electron chi connectivity index (χ2n) is 7.05. The molecule has 2 saturated carbocycles. The zero-order valence-corrected chi connectivity index (χ0v) is 11.6. The first-order chi connectivity index (χ1) is 7.92. The lowest BCUT2D eigenvalue weighted by atomic mass is 9.47. The van der Waals surface area contributed by atoms with Gasteiger partial charge in [-0.3, -0.25) is 0 Å². The van der Waals surface area contributed by atoms with Crippen LogP contribution in [-0.2, 0) is 4.79 Å². The largest absolute Gasteiger partial charge is 0.303 e. The molecule has 0 amide bonds. The summed E-state index contributed by atoms with van der Waals surface area (Å²) in [4.78, 5) is 11.0. The Morgan fingerprint density at radius 2 is 2.06 bits per heavy atom. The van der Waals surface area contributed by atoms with Gasteiger partial charge in [0, 0.05) is 6.42 Å². The Morgan fingerprint density at radius 1 is 1.35 bits per heavy atom. The van der Waals surface area contributed by atoms with Crippen molar-refractivity contribution in [2.24, 2.45) is 22.7 Å². The molecule has 2 rings (SSSR count). The topological polar surface area (TPSA) is 17.1 Å². The summed E-state index contributed by atoms with van der Waals surface area (Å²) in [6.07, 6.45) is 8.11. The van der Waals surface area contributed by atoms with Crippen LogP contribution in [0.5, 0.6) is 0 Å². The van der Waals surface area contributed by atoms with Gasteiger partial charge in [-0.15, -0.1) is 0 Å². The van der Waals surface area contributed by atoms with Crippen LogP contribution in [0.15, 0.2) is 12.2 Å². The smallest absolute Gasteiger partial charge is 0.120 e. The summed E-state index contributed by atoms with van der Waals surface area (Å²) < 4.78 is 0. The molecule has 0 saturated heterocycles. The summed E-state index contributed by atoms with van der Waals surface area (Å²) >= 11 is 0. The van der Waals surface area contributed by atoms with Crippen molar-refractivity contribution in [3.05, 3.63) is 12.2 Å². The molecule has 0 bridgehead atoms. The summed E-state index contributed by atoms with van der Waals surface area (Å²) in [5.74, 6) is 1.19. The van der Waals surface area contributed by atoms with Crippen LogP contribution < -0.4 is 0 Å². The Morgan fingerprint density at radius 3 is 2.71 bits per heavy atom.